The molecule has 2 heterocycles. The standard InChI is InChI=1S/C24H23F4N5O5/c1-36-20-17(8-6-15(19(20)25)16-7-9-18(34)32-22(16)35)33-10-13(11-33)31-23(30)37-21(29)12-2-4-14(5-3-12)38-24(26,27)28/h2-6,8,13,16,29H,7,9-11H2,1H3,(H2,30,31)(H,32,34,35). The molecule has 2 amide bonds. The van der Waals surface area contributed by atoms with Crippen molar-refractivity contribution in [3.05, 3.63) is 53.3 Å². The van der Waals surface area contributed by atoms with Crippen LogP contribution in [0, 0.1) is 11.2 Å². The number of nitrogens with zero attached hydrogens (tertiary/aromatic N) is 2. The Kier molecular flexibility index (Phi) is 7.41. The maximum atomic E-state index is 15.3. The Morgan fingerprint density at radius 2 is 1.84 bits per heavy atom. The van der Waals surface area contributed by atoms with Crippen molar-refractivity contribution >= 4 is 29.4 Å². The predicted octanol–water partition coefficient (Wildman–Crippen LogP) is 2.80. The number of aliphatic imine (C=N–C) groups is 1. The van der Waals surface area contributed by atoms with Crippen LogP contribution < -0.4 is 25.4 Å². The molecule has 0 aliphatic carbocycles. The van der Waals surface area contributed by atoms with Crippen LogP contribution in [0.25, 0.3) is 0 Å². The highest BCUT2D eigenvalue weighted by Crippen LogP contribution is 2.39. The third-order valence-corrected chi connectivity index (χ3v) is 5.99. The number of rotatable bonds is 6. The van der Waals surface area contributed by atoms with Crippen molar-refractivity contribution < 1.29 is 41.4 Å². The highest BCUT2D eigenvalue weighted by molar-refractivity contribution is 6.01. The molecule has 1 atom stereocenters. The van der Waals surface area contributed by atoms with Crippen molar-refractivity contribution in [2.24, 2.45) is 10.7 Å². The number of piperidine rings is 1. The van der Waals surface area contributed by atoms with Crippen molar-refractivity contribution in [1.82, 2.24) is 5.32 Å². The monoisotopic (exact) mass is 537 g/mol. The Labute approximate surface area is 213 Å². The molecule has 0 radical (unpaired) electrons. The zero-order valence-electron chi connectivity index (χ0n) is 20.0. The van der Waals surface area contributed by atoms with Crippen molar-refractivity contribution in [2.75, 3.05) is 25.1 Å². The fraction of sp³-hybridized carbons (Fsp3) is 0.333. The number of ether oxygens (including phenoxy) is 3. The number of halogens is 4. The van der Waals surface area contributed by atoms with E-state index in [9.17, 15) is 22.8 Å². The van der Waals surface area contributed by atoms with Crippen molar-refractivity contribution in [2.45, 2.75) is 31.2 Å². The summed E-state index contributed by atoms with van der Waals surface area (Å²) < 4.78 is 66.3. The number of nitrogens with one attached hydrogen (secondary N) is 2. The molecule has 14 heteroatoms. The Morgan fingerprint density at radius 1 is 1.16 bits per heavy atom. The van der Waals surface area contributed by atoms with E-state index in [1.807, 2.05) is 0 Å². The number of alkyl halides is 3. The normalized spacial score (nSPS) is 18.5. The van der Waals surface area contributed by atoms with Gasteiger partial charge in [0.05, 0.1) is 24.8 Å². The number of imide groups is 1. The fourth-order valence-corrected chi connectivity index (χ4v) is 4.18. The Balaban J connectivity index is 1.36. The second kappa shape index (κ2) is 10.6. The number of benzene rings is 2. The first kappa shape index (κ1) is 26.7. The summed E-state index contributed by atoms with van der Waals surface area (Å²) >= 11 is 0. The third-order valence-electron chi connectivity index (χ3n) is 5.99. The molecule has 0 spiro atoms. The average molecular weight is 537 g/mol. The minimum absolute atomic E-state index is 0.0430. The molecular weight excluding hydrogens is 514 g/mol. The second-order valence-electron chi connectivity index (χ2n) is 8.55. The van der Waals surface area contributed by atoms with Crippen LogP contribution in [0.4, 0.5) is 23.2 Å². The van der Waals surface area contributed by atoms with E-state index in [1.165, 1.54) is 25.3 Å². The van der Waals surface area contributed by atoms with E-state index in [1.54, 1.807) is 11.0 Å². The van der Waals surface area contributed by atoms with Crippen LogP contribution >= 0.6 is 0 Å². The molecule has 0 saturated carbocycles. The first-order chi connectivity index (χ1) is 17.9. The third kappa shape index (κ3) is 5.95. The van der Waals surface area contributed by atoms with Crippen LogP contribution in [0.3, 0.4) is 0 Å². The molecule has 2 aliphatic rings. The van der Waals surface area contributed by atoms with Crippen LogP contribution in [0.1, 0.15) is 29.9 Å². The molecule has 202 valence electrons. The Hall–Kier alpha value is -4.36. The van der Waals surface area contributed by atoms with Crippen LogP contribution in [-0.4, -0.2) is 56.3 Å². The number of methoxy groups -OCH3 is 1. The second-order valence-corrected chi connectivity index (χ2v) is 8.55. The molecule has 4 rings (SSSR count). The van der Waals surface area contributed by atoms with Gasteiger partial charge in [0.1, 0.15) is 5.75 Å². The summed E-state index contributed by atoms with van der Waals surface area (Å²) in [7, 11) is 1.31. The number of carbonyl (C=O) groups is 2. The summed E-state index contributed by atoms with van der Waals surface area (Å²) in [6, 6.07) is 6.96. The number of carbonyl (C=O) groups excluding carboxylic acids is 2. The minimum Gasteiger partial charge on any atom is -0.492 e. The summed E-state index contributed by atoms with van der Waals surface area (Å²) in [5.74, 6) is -3.34. The zero-order valence-corrected chi connectivity index (χ0v) is 20.0. The average Bonchev–Trinajstić information content (AvgIpc) is 2.81. The van der Waals surface area contributed by atoms with Crippen LogP contribution in [0.5, 0.6) is 11.5 Å². The lowest BCUT2D eigenvalue weighted by Crippen LogP contribution is -2.51. The van der Waals surface area contributed by atoms with E-state index in [0.717, 1.165) is 12.1 Å². The molecule has 2 aromatic rings. The quantitative estimate of drug-likeness (QED) is 0.223. The predicted molar refractivity (Wildman–Crippen MR) is 127 cm³/mol. The van der Waals surface area contributed by atoms with Gasteiger partial charge in [0.15, 0.2) is 11.6 Å². The molecule has 2 saturated heterocycles. The Morgan fingerprint density at radius 3 is 2.45 bits per heavy atom. The number of anilines is 1. The van der Waals surface area contributed by atoms with Gasteiger partial charge in [-0.1, -0.05) is 6.07 Å². The van der Waals surface area contributed by atoms with E-state index in [0.29, 0.717) is 18.8 Å². The number of amides is 2. The van der Waals surface area contributed by atoms with Crippen LogP contribution in [0.15, 0.2) is 41.4 Å². The van der Waals surface area contributed by atoms with Gasteiger partial charge in [-0.2, -0.15) is 0 Å². The van der Waals surface area contributed by atoms with E-state index < -0.39 is 41.6 Å². The topological polar surface area (TPSA) is 139 Å². The molecule has 1 unspecified atom stereocenters. The molecule has 2 fully saturated rings. The van der Waals surface area contributed by atoms with Gasteiger partial charge in [-0.05, 0) is 36.8 Å². The van der Waals surface area contributed by atoms with Crippen LogP contribution in [-0.2, 0) is 14.3 Å². The lowest BCUT2D eigenvalue weighted by atomic mass is 9.89. The summed E-state index contributed by atoms with van der Waals surface area (Å²) in [6.45, 7) is 0.656. The molecule has 2 aliphatic heterocycles. The molecule has 38 heavy (non-hydrogen) atoms. The number of nitrogens with two attached hydrogens (primary N) is 1. The molecule has 0 bridgehead atoms. The highest BCUT2D eigenvalue weighted by atomic mass is 19.4. The summed E-state index contributed by atoms with van der Waals surface area (Å²) in [5.41, 5.74) is 6.51. The van der Waals surface area contributed by atoms with Gasteiger partial charge >= 0.3 is 6.36 Å². The lowest BCUT2D eigenvalue weighted by molar-refractivity contribution is -0.274. The fourth-order valence-electron chi connectivity index (χ4n) is 4.18. The largest absolute Gasteiger partial charge is 0.573 e. The maximum Gasteiger partial charge on any atom is 0.573 e. The van der Waals surface area contributed by atoms with Crippen molar-refractivity contribution in [3.8, 4) is 11.5 Å². The first-order valence-electron chi connectivity index (χ1n) is 11.4. The number of amidine groups is 1. The molecule has 10 nitrogen and oxygen atoms in total. The molecule has 4 N–H and O–H groups in total. The summed E-state index contributed by atoms with van der Waals surface area (Å²) in [5, 5.41) is 10.2. The van der Waals surface area contributed by atoms with Crippen molar-refractivity contribution in [1.29, 1.82) is 5.41 Å². The van der Waals surface area contributed by atoms with E-state index in [4.69, 9.17) is 20.6 Å². The number of hydrogen-bond acceptors (Lipinski definition) is 8. The Bertz CT molecular complexity index is 1280. The first-order valence-corrected chi connectivity index (χ1v) is 11.4. The number of hydrogen-bond donors (Lipinski definition) is 3. The van der Waals surface area contributed by atoms with Gasteiger partial charge in [-0.15, -0.1) is 13.2 Å². The van der Waals surface area contributed by atoms with Gasteiger partial charge in [-0.3, -0.25) is 20.3 Å². The lowest BCUT2D eigenvalue weighted by Gasteiger charge is -2.39. The van der Waals surface area contributed by atoms with Gasteiger partial charge in [0.25, 0.3) is 6.02 Å². The van der Waals surface area contributed by atoms with E-state index in [-0.39, 0.29) is 41.8 Å². The highest BCUT2D eigenvalue weighted by Gasteiger charge is 2.35. The van der Waals surface area contributed by atoms with Crippen LogP contribution in [0.2, 0.25) is 0 Å². The molecule has 0 aromatic heterocycles. The molecular formula is C24H23F4N5O5. The van der Waals surface area contributed by atoms with Gasteiger partial charge < -0.3 is 24.8 Å². The SMILES string of the molecule is COc1c(N2CC(N=C(N)OC(=N)c3ccc(OC(F)(F)F)cc3)C2)ccc(C2CCC(=O)NC2=O)c1F. The minimum atomic E-state index is -4.83. The van der Waals surface area contributed by atoms with Gasteiger partial charge in [0.2, 0.25) is 17.7 Å². The molecule has 2 aromatic carbocycles. The zero-order chi connectivity index (χ0) is 27.6. The maximum absolute atomic E-state index is 15.3. The van der Waals surface area contributed by atoms with E-state index in [2.05, 4.69) is 15.0 Å². The summed E-state index contributed by atoms with van der Waals surface area (Å²) in [6.07, 6.45) is -4.51. The van der Waals surface area contributed by atoms with E-state index >= 15 is 4.39 Å². The smallest absolute Gasteiger partial charge is 0.492 e. The van der Waals surface area contributed by atoms with Gasteiger partial charge in [-0.25, -0.2) is 9.38 Å². The van der Waals surface area contributed by atoms with Gasteiger partial charge in [0, 0.05) is 30.6 Å². The summed E-state index contributed by atoms with van der Waals surface area (Å²) in [4.78, 5) is 29.5. The van der Waals surface area contributed by atoms with Crippen molar-refractivity contribution in [3.63, 3.8) is 0 Å².